The summed E-state index contributed by atoms with van der Waals surface area (Å²) < 4.78 is 0. The van der Waals surface area contributed by atoms with Crippen molar-refractivity contribution in [3.63, 3.8) is 0 Å². The molecule has 0 aliphatic carbocycles. The Bertz CT molecular complexity index is 340. The lowest BCUT2D eigenvalue weighted by molar-refractivity contribution is 0.450. The van der Waals surface area contributed by atoms with Crippen LogP contribution in [0.5, 0.6) is 0 Å². The molecule has 1 aromatic carbocycles. The summed E-state index contributed by atoms with van der Waals surface area (Å²) in [6.45, 7) is 5.58. The van der Waals surface area contributed by atoms with Crippen LogP contribution in [0.25, 0.3) is 0 Å². The van der Waals surface area contributed by atoms with Gasteiger partial charge in [0.2, 0.25) is 0 Å². The van der Waals surface area contributed by atoms with E-state index < -0.39 is 0 Å². The molecule has 2 rings (SSSR count). The van der Waals surface area contributed by atoms with Crippen LogP contribution < -0.4 is 10.6 Å². The topological polar surface area (TPSA) is 29.3 Å². The van der Waals surface area contributed by atoms with E-state index in [-0.39, 0.29) is 0 Å². The van der Waals surface area contributed by atoms with Crippen LogP contribution in [0, 0.1) is 6.92 Å². The van der Waals surface area contributed by atoms with Crippen LogP contribution in [0.4, 0.5) is 11.4 Å². The Kier molecular flexibility index (Phi) is 3.37. The highest BCUT2D eigenvalue weighted by molar-refractivity contribution is 5.59. The highest BCUT2D eigenvalue weighted by Crippen LogP contribution is 2.28. The molecule has 1 aromatic rings. The van der Waals surface area contributed by atoms with E-state index in [1.165, 1.54) is 43.5 Å². The summed E-state index contributed by atoms with van der Waals surface area (Å²) in [4.78, 5) is 2.53. The van der Waals surface area contributed by atoms with E-state index in [1.54, 1.807) is 0 Å². The number of nitrogens with zero attached hydrogens (tertiary/aromatic N) is 1. The van der Waals surface area contributed by atoms with Gasteiger partial charge < -0.3 is 10.6 Å². The Morgan fingerprint density at radius 2 is 2.12 bits per heavy atom. The lowest BCUT2D eigenvalue weighted by Crippen LogP contribution is -2.39. The zero-order valence-corrected chi connectivity index (χ0v) is 10.4. The molecule has 1 unspecified atom stereocenters. The Hall–Kier alpha value is -1.18. The van der Waals surface area contributed by atoms with Crippen molar-refractivity contribution in [2.75, 3.05) is 17.2 Å². The van der Waals surface area contributed by atoms with Gasteiger partial charge in [0, 0.05) is 24.0 Å². The summed E-state index contributed by atoms with van der Waals surface area (Å²) in [6.07, 6.45) is 5.23. The molecule has 88 valence electrons. The largest absolute Gasteiger partial charge is 0.399 e. The first-order chi connectivity index (χ1) is 7.70. The van der Waals surface area contributed by atoms with Crippen LogP contribution >= 0.6 is 0 Å². The minimum absolute atomic E-state index is 0.704. The standard InChI is InChI=1S/C14H22N2/c1-3-13-6-4-5-7-16(13)14-9-11(2)8-12(15)10-14/h8-10,13H,3-7,15H2,1-2H3. The van der Waals surface area contributed by atoms with E-state index in [0.29, 0.717) is 6.04 Å². The molecule has 1 fully saturated rings. The van der Waals surface area contributed by atoms with Crippen molar-refractivity contribution in [1.29, 1.82) is 0 Å². The number of benzene rings is 1. The fraction of sp³-hybridized carbons (Fsp3) is 0.571. The van der Waals surface area contributed by atoms with Crippen molar-refractivity contribution >= 4 is 11.4 Å². The number of rotatable bonds is 2. The number of hydrogen-bond acceptors (Lipinski definition) is 2. The van der Waals surface area contributed by atoms with Gasteiger partial charge in [0.05, 0.1) is 0 Å². The lowest BCUT2D eigenvalue weighted by atomic mass is 9.98. The van der Waals surface area contributed by atoms with Crippen LogP contribution in [0.1, 0.15) is 38.2 Å². The van der Waals surface area contributed by atoms with Crippen LogP contribution in [0.2, 0.25) is 0 Å². The molecule has 0 saturated carbocycles. The molecule has 2 N–H and O–H groups in total. The third-order valence-corrected chi connectivity index (χ3v) is 3.51. The van der Waals surface area contributed by atoms with Gasteiger partial charge in [0.15, 0.2) is 0 Å². The molecule has 0 spiro atoms. The van der Waals surface area contributed by atoms with Gasteiger partial charge in [-0.25, -0.2) is 0 Å². The zero-order chi connectivity index (χ0) is 11.5. The zero-order valence-electron chi connectivity index (χ0n) is 10.4. The normalized spacial score (nSPS) is 21.1. The third-order valence-electron chi connectivity index (χ3n) is 3.51. The first-order valence-corrected chi connectivity index (χ1v) is 6.34. The Labute approximate surface area is 98.4 Å². The van der Waals surface area contributed by atoms with E-state index in [0.717, 1.165) is 5.69 Å². The second-order valence-electron chi connectivity index (χ2n) is 4.85. The SMILES string of the molecule is CCC1CCCCN1c1cc(C)cc(N)c1. The van der Waals surface area contributed by atoms with Gasteiger partial charge in [-0.3, -0.25) is 0 Å². The molecule has 0 bridgehead atoms. The van der Waals surface area contributed by atoms with Crippen molar-refractivity contribution < 1.29 is 0 Å². The predicted octanol–water partition coefficient (Wildman–Crippen LogP) is 3.35. The molecule has 1 heterocycles. The molecule has 1 aliphatic heterocycles. The van der Waals surface area contributed by atoms with E-state index in [4.69, 9.17) is 5.73 Å². The summed E-state index contributed by atoms with van der Waals surface area (Å²) in [5.74, 6) is 0. The Morgan fingerprint density at radius 3 is 2.81 bits per heavy atom. The highest BCUT2D eigenvalue weighted by atomic mass is 15.2. The van der Waals surface area contributed by atoms with Gasteiger partial charge in [-0.1, -0.05) is 6.92 Å². The first-order valence-electron chi connectivity index (χ1n) is 6.34. The van der Waals surface area contributed by atoms with E-state index in [2.05, 4.69) is 30.9 Å². The van der Waals surface area contributed by atoms with Crippen molar-refractivity contribution in [3.8, 4) is 0 Å². The number of piperidine rings is 1. The second-order valence-corrected chi connectivity index (χ2v) is 4.85. The number of nitrogens with two attached hydrogens (primary N) is 1. The molecular weight excluding hydrogens is 196 g/mol. The minimum Gasteiger partial charge on any atom is -0.399 e. The Balaban J connectivity index is 2.26. The highest BCUT2D eigenvalue weighted by Gasteiger charge is 2.21. The fourth-order valence-electron chi connectivity index (χ4n) is 2.72. The number of nitrogen functional groups attached to an aromatic ring is 1. The average molecular weight is 218 g/mol. The maximum Gasteiger partial charge on any atom is 0.0392 e. The number of anilines is 2. The average Bonchev–Trinajstić information content (AvgIpc) is 2.27. The summed E-state index contributed by atoms with van der Waals surface area (Å²) >= 11 is 0. The van der Waals surface area contributed by atoms with Gasteiger partial charge in [-0.15, -0.1) is 0 Å². The maximum absolute atomic E-state index is 5.93. The minimum atomic E-state index is 0.704. The summed E-state index contributed by atoms with van der Waals surface area (Å²) in [6, 6.07) is 7.11. The van der Waals surface area contributed by atoms with Crippen LogP contribution in [-0.2, 0) is 0 Å². The van der Waals surface area contributed by atoms with Crippen LogP contribution in [0.3, 0.4) is 0 Å². The summed E-state index contributed by atoms with van der Waals surface area (Å²) in [5.41, 5.74) is 9.38. The quantitative estimate of drug-likeness (QED) is 0.771. The van der Waals surface area contributed by atoms with Crippen LogP contribution in [-0.4, -0.2) is 12.6 Å². The van der Waals surface area contributed by atoms with Crippen molar-refractivity contribution in [2.24, 2.45) is 0 Å². The number of hydrogen-bond donors (Lipinski definition) is 1. The molecule has 0 radical (unpaired) electrons. The monoisotopic (exact) mass is 218 g/mol. The molecule has 0 aromatic heterocycles. The molecule has 2 nitrogen and oxygen atoms in total. The summed E-state index contributed by atoms with van der Waals surface area (Å²) in [7, 11) is 0. The van der Waals surface area contributed by atoms with Crippen LogP contribution in [0.15, 0.2) is 18.2 Å². The maximum atomic E-state index is 5.93. The molecule has 16 heavy (non-hydrogen) atoms. The van der Waals surface area contributed by atoms with Gasteiger partial charge in [0.25, 0.3) is 0 Å². The fourth-order valence-corrected chi connectivity index (χ4v) is 2.72. The molecule has 2 heteroatoms. The van der Waals surface area contributed by atoms with Gasteiger partial charge in [-0.2, -0.15) is 0 Å². The van der Waals surface area contributed by atoms with Gasteiger partial charge in [-0.05, 0) is 56.4 Å². The third kappa shape index (κ3) is 2.31. The van der Waals surface area contributed by atoms with Crippen molar-refractivity contribution in [2.45, 2.75) is 45.6 Å². The molecule has 1 aliphatic rings. The van der Waals surface area contributed by atoms with Gasteiger partial charge in [0.1, 0.15) is 0 Å². The smallest absolute Gasteiger partial charge is 0.0392 e. The van der Waals surface area contributed by atoms with Crippen molar-refractivity contribution in [3.05, 3.63) is 23.8 Å². The van der Waals surface area contributed by atoms with E-state index in [1.807, 2.05) is 6.07 Å². The van der Waals surface area contributed by atoms with Gasteiger partial charge >= 0.3 is 0 Å². The van der Waals surface area contributed by atoms with E-state index >= 15 is 0 Å². The van der Waals surface area contributed by atoms with E-state index in [9.17, 15) is 0 Å². The first kappa shape index (κ1) is 11.3. The molecule has 1 saturated heterocycles. The molecular formula is C14H22N2. The van der Waals surface area contributed by atoms with Crippen molar-refractivity contribution in [1.82, 2.24) is 0 Å². The number of aryl methyl sites for hydroxylation is 1. The second kappa shape index (κ2) is 4.77. The summed E-state index contributed by atoms with van der Waals surface area (Å²) in [5, 5.41) is 0. The molecule has 0 amide bonds. The Morgan fingerprint density at radius 1 is 1.31 bits per heavy atom. The predicted molar refractivity (Wildman–Crippen MR) is 70.9 cm³/mol. The lowest BCUT2D eigenvalue weighted by Gasteiger charge is -2.37. The molecule has 1 atom stereocenters.